The Balaban J connectivity index is 2.96. The summed E-state index contributed by atoms with van der Waals surface area (Å²) in [5, 5.41) is 3.22. The van der Waals surface area contributed by atoms with Crippen LogP contribution in [-0.4, -0.2) is 37.1 Å². The lowest BCUT2D eigenvalue weighted by Gasteiger charge is -2.26. The number of rotatable bonds is 8. The predicted octanol–water partition coefficient (Wildman–Crippen LogP) is 2.94. The van der Waals surface area contributed by atoms with Crippen LogP contribution in [-0.2, 0) is 13.0 Å². The third kappa shape index (κ3) is 5.03. The van der Waals surface area contributed by atoms with Crippen LogP contribution in [0.25, 0.3) is 0 Å². The second-order valence-corrected chi connectivity index (χ2v) is 5.93. The standard InChI is InChI=1S/C15H27N3S/c1-6-7-14-8-13(10-16-3)9-15(17-14)18(4)12(2)11-19-5/h8-9,12,16H,6-7,10-11H2,1-5H3. The molecule has 19 heavy (non-hydrogen) atoms. The number of aryl methyl sites for hydroxylation is 1. The van der Waals surface area contributed by atoms with E-state index in [4.69, 9.17) is 4.98 Å². The van der Waals surface area contributed by atoms with Crippen LogP contribution < -0.4 is 10.2 Å². The Morgan fingerprint density at radius 2 is 2.16 bits per heavy atom. The highest BCUT2D eigenvalue weighted by molar-refractivity contribution is 7.98. The summed E-state index contributed by atoms with van der Waals surface area (Å²) >= 11 is 1.88. The van der Waals surface area contributed by atoms with Crippen LogP contribution in [0.5, 0.6) is 0 Å². The van der Waals surface area contributed by atoms with E-state index in [1.165, 1.54) is 11.3 Å². The van der Waals surface area contributed by atoms with Crippen molar-refractivity contribution < 1.29 is 0 Å². The molecule has 1 aromatic heterocycles. The Morgan fingerprint density at radius 1 is 1.42 bits per heavy atom. The van der Waals surface area contributed by atoms with E-state index in [2.05, 4.69) is 49.5 Å². The van der Waals surface area contributed by atoms with Gasteiger partial charge >= 0.3 is 0 Å². The van der Waals surface area contributed by atoms with Crippen LogP contribution in [0.2, 0.25) is 0 Å². The number of hydrogen-bond donors (Lipinski definition) is 1. The first-order chi connectivity index (χ1) is 9.12. The second-order valence-electron chi connectivity index (χ2n) is 5.02. The fourth-order valence-corrected chi connectivity index (χ4v) is 2.79. The molecule has 0 radical (unpaired) electrons. The van der Waals surface area contributed by atoms with Crippen LogP contribution in [0.3, 0.4) is 0 Å². The number of aromatic nitrogens is 1. The number of anilines is 1. The summed E-state index contributed by atoms with van der Waals surface area (Å²) in [4.78, 5) is 7.08. The number of pyridine rings is 1. The van der Waals surface area contributed by atoms with E-state index in [-0.39, 0.29) is 0 Å². The zero-order valence-electron chi connectivity index (χ0n) is 12.9. The first-order valence-electron chi connectivity index (χ1n) is 6.98. The van der Waals surface area contributed by atoms with Gasteiger partial charge in [0.25, 0.3) is 0 Å². The lowest BCUT2D eigenvalue weighted by Crippen LogP contribution is -2.31. The fourth-order valence-electron chi connectivity index (χ4n) is 2.08. The monoisotopic (exact) mass is 281 g/mol. The summed E-state index contributed by atoms with van der Waals surface area (Å²) in [7, 11) is 4.13. The van der Waals surface area contributed by atoms with Crippen molar-refractivity contribution >= 4 is 17.6 Å². The Bertz CT molecular complexity index is 357. The number of hydrogen-bond acceptors (Lipinski definition) is 4. The normalized spacial score (nSPS) is 12.5. The molecule has 1 N–H and O–H groups in total. The molecule has 0 amide bonds. The minimum Gasteiger partial charge on any atom is -0.356 e. The van der Waals surface area contributed by atoms with Gasteiger partial charge in [0.15, 0.2) is 0 Å². The number of nitrogens with one attached hydrogen (secondary N) is 1. The van der Waals surface area contributed by atoms with Crippen LogP contribution in [0.1, 0.15) is 31.5 Å². The molecular weight excluding hydrogens is 254 g/mol. The van der Waals surface area contributed by atoms with E-state index < -0.39 is 0 Å². The number of thioether (sulfide) groups is 1. The molecule has 0 aromatic carbocycles. The molecule has 3 nitrogen and oxygen atoms in total. The molecule has 0 bridgehead atoms. The molecule has 0 spiro atoms. The van der Waals surface area contributed by atoms with Gasteiger partial charge in [-0.05, 0) is 44.3 Å². The second kappa shape index (κ2) is 8.43. The van der Waals surface area contributed by atoms with Gasteiger partial charge in [0.1, 0.15) is 5.82 Å². The predicted molar refractivity (Wildman–Crippen MR) is 87.2 cm³/mol. The van der Waals surface area contributed by atoms with Crippen molar-refractivity contribution in [3.63, 3.8) is 0 Å². The van der Waals surface area contributed by atoms with Gasteiger partial charge < -0.3 is 10.2 Å². The van der Waals surface area contributed by atoms with E-state index >= 15 is 0 Å². The van der Waals surface area contributed by atoms with Crippen molar-refractivity contribution in [1.82, 2.24) is 10.3 Å². The molecule has 0 saturated carbocycles. The molecule has 4 heteroatoms. The third-order valence-electron chi connectivity index (χ3n) is 3.24. The first-order valence-corrected chi connectivity index (χ1v) is 8.38. The van der Waals surface area contributed by atoms with Crippen molar-refractivity contribution in [1.29, 1.82) is 0 Å². The van der Waals surface area contributed by atoms with Gasteiger partial charge in [0.2, 0.25) is 0 Å². The molecule has 1 heterocycles. The van der Waals surface area contributed by atoms with Crippen molar-refractivity contribution in [2.24, 2.45) is 0 Å². The molecule has 1 unspecified atom stereocenters. The third-order valence-corrected chi connectivity index (χ3v) is 4.06. The summed E-state index contributed by atoms with van der Waals surface area (Å²) in [5.41, 5.74) is 2.52. The maximum atomic E-state index is 4.80. The van der Waals surface area contributed by atoms with Crippen LogP contribution in [0, 0.1) is 0 Å². The smallest absolute Gasteiger partial charge is 0.129 e. The maximum absolute atomic E-state index is 4.80. The fraction of sp³-hybridized carbons (Fsp3) is 0.667. The Hall–Kier alpha value is -0.740. The van der Waals surface area contributed by atoms with Gasteiger partial charge in [0.05, 0.1) is 0 Å². The van der Waals surface area contributed by atoms with Crippen LogP contribution in [0.4, 0.5) is 5.82 Å². The van der Waals surface area contributed by atoms with Crippen LogP contribution >= 0.6 is 11.8 Å². The minimum absolute atomic E-state index is 0.502. The molecule has 0 aliphatic heterocycles. The molecule has 0 aliphatic carbocycles. The highest BCUT2D eigenvalue weighted by Gasteiger charge is 2.12. The summed E-state index contributed by atoms with van der Waals surface area (Å²) in [5.74, 6) is 2.22. The highest BCUT2D eigenvalue weighted by Crippen LogP contribution is 2.18. The minimum atomic E-state index is 0.502. The van der Waals surface area contributed by atoms with Gasteiger partial charge in [-0.25, -0.2) is 4.98 Å². The molecular formula is C15H27N3S. The highest BCUT2D eigenvalue weighted by atomic mass is 32.2. The van der Waals surface area contributed by atoms with Crippen LogP contribution in [0.15, 0.2) is 12.1 Å². The maximum Gasteiger partial charge on any atom is 0.129 e. The largest absolute Gasteiger partial charge is 0.356 e. The summed E-state index contributed by atoms with van der Waals surface area (Å²) in [6.07, 6.45) is 4.34. The van der Waals surface area contributed by atoms with E-state index in [0.717, 1.165) is 31.0 Å². The average Bonchev–Trinajstić information content (AvgIpc) is 2.38. The van der Waals surface area contributed by atoms with Gasteiger partial charge in [-0.1, -0.05) is 13.3 Å². The number of nitrogens with zero attached hydrogens (tertiary/aromatic N) is 2. The van der Waals surface area contributed by atoms with E-state index in [1.54, 1.807) is 0 Å². The quantitative estimate of drug-likeness (QED) is 0.793. The zero-order valence-corrected chi connectivity index (χ0v) is 13.7. The molecule has 1 aromatic rings. The van der Waals surface area contributed by atoms with E-state index in [9.17, 15) is 0 Å². The van der Waals surface area contributed by atoms with Gasteiger partial charge in [-0.15, -0.1) is 0 Å². The topological polar surface area (TPSA) is 28.2 Å². The molecule has 0 saturated heterocycles. The summed E-state index contributed by atoms with van der Waals surface area (Å²) in [6.45, 7) is 5.35. The molecule has 0 fully saturated rings. The Kier molecular flexibility index (Phi) is 7.24. The molecule has 1 rings (SSSR count). The SMILES string of the molecule is CCCc1cc(CNC)cc(N(C)C(C)CSC)n1. The Labute approximate surface area is 122 Å². The zero-order chi connectivity index (χ0) is 14.3. The van der Waals surface area contributed by atoms with Gasteiger partial charge in [-0.3, -0.25) is 0 Å². The summed E-state index contributed by atoms with van der Waals surface area (Å²) in [6, 6.07) is 4.92. The van der Waals surface area contributed by atoms with Crippen molar-refractivity contribution in [2.45, 2.75) is 39.3 Å². The molecule has 1 atom stereocenters. The van der Waals surface area contributed by atoms with Crippen molar-refractivity contribution in [3.8, 4) is 0 Å². The summed E-state index contributed by atoms with van der Waals surface area (Å²) < 4.78 is 0. The lowest BCUT2D eigenvalue weighted by atomic mass is 10.1. The van der Waals surface area contributed by atoms with E-state index in [0.29, 0.717) is 6.04 Å². The molecule has 108 valence electrons. The average molecular weight is 281 g/mol. The van der Waals surface area contributed by atoms with Gasteiger partial charge in [-0.2, -0.15) is 11.8 Å². The van der Waals surface area contributed by atoms with Crippen molar-refractivity contribution in [3.05, 3.63) is 23.4 Å². The van der Waals surface area contributed by atoms with Crippen molar-refractivity contribution in [2.75, 3.05) is 31.0 Å². The van der Waals surface area contributed by atoms with Gasteiger partial charge in [0, 0.05) is 31.1 Å². The first kappa shape index (κ1) is 16.3. The van der Waals surface area contributed by atoms with E-state index in [1.807, 2.05) is 18.8 Å². The Morgan fingerprint density at radius 3 is 2.74 bits per heavy atom. The molecule has 0 aliphatic rings. The lowest BCUT2D eigenvalue weighted by molar-refractivity contribution is 0.741.